The van der Waals surface area contributed by atoms with E-state index in [9.17, 15) is 4.79 Å². The van der Waals surface area contributed by atoms with E-state index in [-0.39, 0.29) is 12.0 Å². The Morgan fingerprint density at radius 3 is 2.70 bits per heavy atom. The number of nitriles is 1. The monoisotopic (exact) mass is 405 g/mol. The van der Waals surface area contributed by atoms with E-state index in [1.807, 2.05) is 18.2 Å². The molecule has 0 saturated carbocycles. The fourth-order valence-corrected chi connectivity index (χ4v) is 3.31. The second-order valence-electron chi connectivity index (χ2n) is 6.95. The van der Waals surface area contributed by atoms with E-state index in [2.05, 4.69) is 43.0 Å². The van der Waals surface area contributed by atoms with Gasteiger partial charge in [0.15, 0.2) is 0 Å². The summed E-state index contributed by atoms with van der Waals surface area (Å²) in [6.07, 6.45) is 0. The third kappa shape index (κ3) is 4.96. The van der Waals surface area contributed by atoms with Gasteiger partial charge in [-0.1, -0.05) is 17.2 Å². The molecule has 0 spiro atoms. The van der Waals surface area contributed by atoms with Crippen LogP contribution in [0.2, 0.25) is 0 Å². The van der Waals surface area contributed by atoms with Crippen molar-refractivity contribution in [2.24, 2.45) is 0 Å². The average Bonchev–Trinajstić information content (AvgIpc) is 3.28. The predicted molar refractivity (Wildman–Crippen MR) is 107 cm³/mol. The van der Waals surface area contributed by atoms with Gasteiger partial charge in [0.2, 0.25) is 0 Å². The van der Waals surface area contributed by atoms with E-state index in [4.69, 9.17) is 10.00 Å². The van der Waals surface area contributed by atoms with Crippen molar-refractivity contribution in [1.82, 2.24) is 25.5 Å². The van der Waals surface area contributed by atoms with Gasteiger partial charge in [0.25, 0.3) is 5.95 Å². The minimum Gasteiger partial charge on any atom is -0.457 e. The number of hydrogen-bond donors (Lipinski definition) is 3. The zero-order chi connectivity index (χ0) is 20.8. The molecule has 0 bridgehead atoms. The van der Waals surface area contributed by atoms with Crippen molar-refractivity contribution in [1.29, 1.82) is 5.26 Å². The van der Waals surface area contributed by atoms with Crippen LogP contribution in [0.1, 0.15) is 11.1 Å². The molecular formula is C20H21N8O2+. The number of tetrazole rings is 1. The van der Waals surface area contributed by atoms with E-state index in [0.717, 1.165) is 35.8 Å². The number of carbonyl (C=O) groups is 1. The predicted octanol–water partition coefficient (Wildman–Crippen LogP) is 0.796. The minimum absolute atomic E-state index is 0.145. The Morgan fingerprint density at radius 1 is 1.20 bits per heavy atom. The molecule has 0 unspecified atom stereocenters. The number of anilines is 1. The van der Waals surface area contributed by atoms with E-state index < -0.39 is 0 Å². The molecule has 1 fully saturated rings. The maximum Gasteiger partial charge on any atom is 0.421 e. The van der Waals surface area contributed by atoms with Crippen LogP contribution in [-0.2, 0) is 6.54 Å². The van der Waals surface area contributed by atoms with Gasteiger partial charge >= 0.3 is 6.03 Å². The highest BCUT2D eigenvalue weighted by Crippen LogP contribution is 2.23. The Hall–Kier alpha value is -3.81. The van der Waals surface area contributed by atoms with E-state index in [1.165, 1.54) is 0 Å². The smallest absolute Gasteiger partial charge is 0.421 e. The fraction of sp³-hybridized carbons (Fsp3) is 0.250. The Labute approximate surface area is 173 Å². The Bertz CT molecular complexity index is 1020. The largest absolute Gasteiger partial charge is 0.457 e. The van der Waals surface area contributed by atoms with Crippen LogP contribution >= 0.6 is 0 Å². The van der Waals surface area contributed by atoms with Gasteiger partial charge in [0.1, 0.15) is 11.5 Å². The molecule has 1 aliphatic rings. The highest BCUT2D eigenvalue weighted by molar-refractivity contribution is 5.79. The number of rotatable bonds is 5. The number of benzene rings is 2. The quantitative estimate of drug-likeness (QED) is 0.573. The van der Waals surface area contributed by atoms with Crippen molar-refractivity contribution in [3.63, 3.8) is 0 Å². The van der Waals surface area contributed by atoms with Crippen molar-refractivity contribution in [2.75, 3.05) is 31.5 Å². The highest BCUT2D eigenvalue weighted by atomic mass is 16.5. The van der Waals surface area contributed by atoms with Crippen molar-refractivity contribution in [3.05, 3.63) is 59.7 Å². The van der Waals surface area contributed by atoms with Crippen LogP contribution in [0.4, 0.5) is 10.7 Å². The lowest BCUT2D eigenvalue weighted by molar-refractivity contribution is -0.818. The summed E-state index contributed by atoms with van der Waals surface area (Å²) in [6, 6.07) is 16.9. The number of carbonyl (C=O) groups excluding carboxylic acids is 1. The molecule has 0 radical (unpaired) electrons. The number of urea groups is 1. The van der Waals surface area contributed by atoms with E-state index >= 15 is 0 Å². The van der Waals surface area contributed by atoms with Gasteiger partial charge in [-0.3, -0.25) is 4.90 Å². The van der Waals surface area contributed by atoms with Gasteiger partial charge in [0.05, 0.1) is 24.7 Å². The first kappa shape index (κ1) is 19.5. The number of aromatic nitrogens is 4. The van der Waals surface area contributed by atoms with Crippen LogP contribution in [0.25, 0.3) is 0 Å². The average molecular weight is 405 g/mol. The maximum atomic E-state index is 12.3. The molecular weight excluding hydrogens is 384 g/mol. The van der Waals surface area contributed by atoms with Gasteiger partial charge in [-0.25, -0.2) is 15.0 Å². The Morgan fingerprint density at radius 2 is 2.00 bits per heavy atom. The van der Waals surface area contributed by atoms with E-state index in [1.54, 1.807) is 24.3 Å². The molecule has 2 heterocycles. The number of piperazine rings is 1. The summed E-state index contributed by atoms with van der Waals surface area (Å²) in [4.78, 5) is 15.4. The Kier molecular flexibility index (Phi) is 5.93. The lowest BCUT2D eigenvalue weighted by Gasteiger charge is -2.30. The fourth-order valence-electron chi connectivity index (χ4n) is 3.31. The zero-order valence-electron chi connectivity index (χ0n) is 16.2. The van der Waals surface area contributed by atoms with Crippen molar-refractivity contribution in [2.45, 2.75) is 6.54 Å². The highest BCUT2D eigenvalue weighted by Gasteiger charge is 2.27. The summed E-state index contributed by atoms with van der Waals surface area (Å²) < 4.78 is 5.90. The molecule has 152 valence electrons. The summed E-state index contributed by atoms with van der Waals surface area (Å²) in [6.45, 7) is 3.78. The summed E-state index contributed by atoms with van der Waals surface area (Å²) in [5, 5.41) is 24.8. The van der Waals surface area contributed by atoms with Crippen LogP contribution in [0, 0.1) is 11.3 Å². The number of hydrogen-bond acceptors (Lipinski definition) is 7. The molecule has 3 aromatic rings. The van der Waals surface area contributed by atoms with Gasteiger partial charge in [-0.05, 0) is 47.2 Å². The van der Waals surface area contributed by atoms with Crippen LogP contribution in [0.15, 0.2) is 48.5 Å². The molecule has 4 rings (SSSR count). The number of H-pyrrole nitrogens is 1. The minimum atomic E-state index is -0.145. The van der Waals surface area contributed by atoms with Crippen LogP contribution in [0.3, 0.4) is 0 Å². The number of nitrogens with one attached hydrogen (secondary N) is 3. The van der Waals surface area contributed by atoms with E-state index in [0.29, 0.717) is 24.4 Å². The molecule has 1 aromatic heterocycles. The molecule has 3 N–H and O–H groups in total. The van der Waals surface area contributed by atoms with Gasteiger partial charge < -0.3 is 4.74 Å². The van der Waals surface area contributed by atoms with Crippen molar-refractivity contribution < 1.29 is 14.4 Å². The van der Waals surface area contributed by atoms with Crippen molar-refractivity contribution in [3.8, 4) is 17.6 Å². The third-order valence-corrected chi connectivity index (χ3v) is 4.88. The molecule has 1 aliphatic heterocycles. The first-order chi connectivity index (χ1) is 14.7. The second-order valence-corrected chi connectivity index (χ2v) is 6.95. The molecule has 0 aliphatic carbocycles. The molecule has 10 heteroatoms. The van der Waals surface area contributed by atoms with Crippen LogP contribution < -0.4 is 15.0 Å². The molecule has 30 heavy (non-hydrogen) atoms. The molecule has 2 amide bonds. The lowest BCUT2D eigenvalue weighted by atomic mass is 10.2. The lowest BCUT2D eigenvalue weighted by Crippen LogP contribution is -3.17. The summed E-state index contributed by atoms with van der Waals surface area (Å²) in [7, 11) is 0. The summed E-state index contributed by atoms with van der Waals surface area (Å²) in [5.41, 5.74) is 1.74. The first-order valence-corrected chi connectivity index (χ1v) is 9.58. The number of nitrogens with zero attached hydrogens (tertiary/aromatic N) is 5. The molecule has 10 nitrogen and oxygen atoms in total. The summed E-state index contributed by atoms with van der Waals surface area (Å²) >= 11 is 0. The topological polar surface area (TPSA) is 124 Å². The number of aromatic amines is 1. The van der Waals surface area contributed by atoms with Crippen LogP contribution in [-0.4, -0.2) is 57.7 Å². The standard InChI is InChI=1S/C20H20N8O2/c21-13-15-4-6-17(7-5-15)30-18-3-1-2-16(12-18)14-27-8-10-28(11-9-27)20(29)22-19-23-25-26-24-19/h1-7,12H,8-11,14H2,(H2,22,23,24,25,26,29)/p+1. The SMILES string of the molecule is N#Cc1ccc(Oc2cccc(CN3CC[NH+](C(=O)Nc4nn[nH]n4)CC3)c2)cc1. The molecule has 0 atom stereocenters. The third-order valence-electron chi connectivity index (χ3n) is 4.88. The van der Waals surface area contributed by atoms with Crippen LogP contribution in [0.5, 0.6) is 11.5 Å². The normalized spacial score (nSPS) is 14.8. The zero-order valence-corrected chi connectivity index (χ0v) is 16.2. The molecule has 2 aromatic carbocycles. The summed E-state index contributed by atoms with van der Waals surface area (Å²) in [5.74, 6) is 1.63. The van der Waals surface area contributed by atoms with Gasteiger partial charge in [-0.15, -0.1) is 5.10 Å². The van der Waals surface area contributed by atoms with Gasteiger partial charge in [-0.2, -0.15) is 10.5 Å². The molecule has 1 saturated heterocycles. The maximum absolute atomic E-state index is 12.3. The first-order valence-electron chi connectivity index (χ1n) is 9.58. The second kappa shape index (κ2) is 9.13. The Balaban J connectivity index is 1.29. The number of quaternary nitrogens is 1. The number of ether oxygens (including phenoxy) is 1. The van der Waals surface area contributed by atoms with Crippen molar-refractivity contribution >= 4 is 12.0 Å². The number of amides is 2. The van der Waals surface area contributed by atoms with Gasteiger partial charge in [0, 0.05) is 19.6 Å².